The van der Waals surface area contributed by atoms with Crippen molar-refractivity contribution >= 4 is 17.8 Å². The van der Waals surface area contributed by atoms with E-state index in [4.69, 9.17) is 5.11 Å². The average Bonchev–Trinajstić information content (AvgIpc) is 2.69. The van der Waals surface area contributed by atoms with Crippen LogP contribution in [0.1, 0.15) is 20.3 Å². The Morgan fingerprint density at radius 3 is 2.63 bits per heavy atom. The topological polar surface area (TPSA) is 77.9 Å². The summed E-state index contributed by atoms with van der Waals surface area (Å²) >= 11 is 0. The molecule has 0 bridgehead atoms. The molecule has 0 radical (unpaired) electrons. The molecule has 0 aromatic heterocycles. The highest BCUT2D eigenvalue weighted by molar-refractivity contribution is 5.90. The van der Waals surface area contributed by atoms with Crippen molar-refractivity contribution in [3.05, 3.63) is 12.7 Å². The zero-order valence-corrected chi connectivity index (χ0v) is 11.3. The predicted octanol–water partition coefficient (Wildman–Crippen LogP) is 0.343. The van der Waals surface area contributed by atoms with Gasteiger partial charge >= 0.3 is 5.97 Å². The number of rotatable bonds is 6. The lowest BCUT2D eigenvalue weighted by molar-refractivity contribution is -0.145. The van der Waals surface area contributed by atoms with Crippen molar-refractivity contribution in [3.8, 4) is 0 Å². The first-order chi connectivity index (χ1) is 8.86. The van der Waals surface area contributed by atoms with Gasteiger partial charge in [0.1, 0.15) is 6.54 Å². The second-order valence-electron chi connectivity index (χ2n) is 4.94. The van der Waals surface area contributed by atoms with Crippen LogP contribution in [0.25, 0.3) is 0 Å². The maximum absolute atomic E-state index is 12.2. The Kier molecular flexibility index (Phi) is 5.09. The molecule has 0 aliphatic carbocycles. The van der Waals surface area contributed by atoms with Gasteiger partial charge in [-0.15, -0.1) is 6.58 Å². The molecule has 106 valence electrons. The van der Waals surface area contributed by atoms with E-state index in [1.54, 1.807) is 4.90 Å². The molecule has 1 unspecified atom stereocenters. The van der Waals surface area contributed by atoms with Gasteiger partial charge in [-0.1, -0.05) is 6.08 Å². The molecule has 0 aromatic rings. The van der Waals surface area contributed by atoms with Crippen LogP contribution in [0.4, 0.5) is 0 Å². The Balaban J connectivity index is 2.73. The number of amides is 2. The van der Waals surface area contributed by atoms with Crippen molar-refractivity contribution in [2.75, 3.05) is 19.6 Å². The third kappa shape index (κ3) is 3.81. The zero-order valence-electron chi connectivity index (χ0n) is 11.3. The lowest BCUT2D eigenvalue weighted by Crippen LogP contribution is -2.41. The summed E-state index contributed by atoms with van der Waals surface area (Å²) in [7, 11) is 0. The van der Waals surface area contributed by atoms with E-state index in [0.717, 1.165) is 0 Å². The number of carbonyl (C=O) groups is 3. The SMILES string of the molecule is C=CCN(CC(=O)O)C(=O)C1CC(=O)N(C(C)C)C1. The molecule has 1 N–H and O–H groups in total. The maximum atomic E-state index is 12.2. The lowest BCUT2D eigenvalue weighted by Gasteiger charge is -2.24. The molecular formula is C13H20N2O4. The van der Waals surface area contributed by atoms with Gasteiger partial charge in [0.2, 0.25) is 11.8 Å². The average molecular weight is 268 g/mol. The van der Waals surface area contributed by atoms with Gasteiger partial charge in [0.25, 0.3) is 0 Å². The normalized spacial score (nSPS) is 18.8. The van der Waals surface area contributed by atoms with Crippen molar-refractivity contribution < 1.29 is 19.5 Å². The van der Waals surface area contributed by atoms with Gasteiger partial charge in [-0.2, -0.15) is 0 Å². The Labute approximate surface area is 112 Å². The van der Waals surface area contributed by atoms with Crippen LogP contribution < -0.4 is 0 Å². The van der Waals surface area contributed by atoms with Gasteiger partial charge in [0, 0.05) is 25.6 Å². The van der Waals surface area contributed by atoms with Crippen molar-refractivity contribution in [1.29, 1.82) is 0 Å². The van der Waals surface area contributed by atoms with E-state index < -0.39 is 11.9 Å². The summed E-state index contributed by atoms with van der Waals surface area (Å²) in [4.78, 5) is 37.6. The van der Waals surface area contributed by atoms with Crippen LogP contribution >= 0.6 is 0 Å². The summed E-state index contributed by atoms with van der Waals surface area (Å²) in [6, 6.07) is 0.0534. The second-order valence-corrected chi connectivity index (χ2v) is 4.94. The molecular weight excluding hydrogens is 248 g/mol. The number of hydrogen-bond donors (Lipinski definition) is 1. The molecule has 6 heteroatoms. The number of likely N-dealkylation sites (tertiary alicyclic amines) is 1. The number of carboxylic acids is 1. The Bertz CT molecular complexity index is 392. The first kappa shape index (κ1) is 15.2. The van der Waals surface area contributed by atoms with Crippen molar-refractivity contribution in [2.24, 2.45) is 5.92 Å². The monoisotopic (exact) mass is 268 g/mol. The largest absolute Gasteiger partial charge is 0.480 e. The van der Waals surface area contributed by atoms with E-state index in [-0.39, 0.29) is 37.4 Å². The number of nitrogens with zero attached hydrogens (tertiary/aromatic N) is 2. The molecule has 1 aliphatic rings. The van der Waals surface area contributed by atoms with E-state index in [2.05, 4.69) is 6.58 Å². The molecule has 19 heavy (non-hydrogen) atoms. The van der Waals surface area contributed by atoms with E-state index in [0.29, 0.717) is 6.54 Å². The lowest BCUT2D eigenvalue weighted by atomic mass is 10.1. The third-order valence-electron chi connectivity index (χ3n) is 3.12. The predicted molar refractivity (Wildman–Crippen MR) is 69.4 cm³/mol. The molecule has 6 nitrogen and oxygen atoms in total. The van der Waals surface area contributed by atoms with Crippen LogP contribution in [0.2, 0.25) is 0 Å². The number of carbonyl (C=O) groups excluding carboxylic acids is 2. The molecule has 1 aliphatic heterocycles. The van der Waals surface area contributed by atoms with E-state index in [1.807, 2.05) is 13.8 Å². The van der Waals surface area contributed by atoms with Gasteiger partial charge in [-0.25, -0.2) is 0 Å². The first-order valence-electron chi connectivity index (χ1n) is 6.27. The summed E-state index contributed by atoms with van der Waals surface area (Å²) in [6.07, 6.45) is 1.64. The smallest absolute Gasteiger partial charge is 0.323 e. The van der Waals surface area contributed by atoms with Crippen molar-refractivity contribution in [3.63, 3.8) is 0 Å². The first-order valence-corrected chi connectivity index (χ1v) is 6.27. The minimum Gasteiger partial charge on any atom is -0.480 e. The number of hydrogen-bond acceptors (Lipinski definition) is 3. The van der Waals surface area contributed by atoms with E-state index in [1.165, 1.54) is 11.0 Å². The van der Waals surface area contributed by atoms with Crippen LogP contribution in [0.3, 0.4) is 0 Å². The molecule has 0 aromatic carbocycles. The summed E-state index contributed by atoms with van der Waals surface area (Å²) < 4.78 is 0. The van der Waals surface area contributed by atoms with Crippen molar-refractivity contribution in [1.82, 2.24) is 9.80 Å². The highest BCUT2D eigenvalue weighted by atomic mass is 16.4. The van der Waals surface area contributed by atoms with Crippen LogP contribution in [-0.2, 0) is 14.4 Å². The van der Waals surface area contributed by atoms with Crippen LogP contribution in [0, 0.1) is 5.92 Å². The fourth-order valence-electron chi connectivity index (χ4n) is 2.21. The number of carboxylic acid groups (broad SMARTS) is 1. The van der Waals surface area contributed by atoms with Gasteiger partial charge in [-0.3, -0.25) is 14.4 Å². The summed E-state index contributed by atoms with van der Waals surface area (Å²) in [6.45, 7) is 7.47. The van der Waals surface area contributed by atoms with Crippen LogP contribution in [0.5, 0.6) is 0 Å². The van der Waals surface area contributed by atoms with Gasteiger partial charge < -0.3 is 14.9 Å². The molecule has 1 saturated heterocycles. The summed E-state index contributed by atoms with van der Waals surface area (Å²) in [5.74, 6) is -1.87. The molecule has 2 amide bonds. The van der Waals surface area contributed by atoms with E-state index >= 15 is 0 Å². The maximum Gasteiger partial charge on any atom is 0.323 e. The fraction of sp³-hybridized carbons (Fsp3) is 0.615. The van der Waals surface area contributed by atoms with Gasteiger partial charge in [-0.05, 0) is 13.8 Å². The van der Waals surface area contributed by atoms with E-state index in [9.17, 15) is 14.4 Å². The zero-order chi connectivity index (χ0) is 14.6. The Hall–Kier alpha value is -1.85. The minimum atomic E-state index is -1.07. The van der Waals surface area contributed by atoms with Gasteiger partial charge in [0.15, 0.2) is 0 Å². The van der Waals surface area contributed by atoms with Gasteiger partial charge in [0.05, 0.1) is 5.92 Å². The molecule has 1 rings (SSSR count). The minimum absolute atomic E-state index is 0.0534. The number of aliphatic carboxylic acids is 1. The van der Waals surface area contributed by atoms with Crippen LogP contribution in [-0.4, -0.2) is 58.4 Å². The second kappa shape index (κ2) is 6.36. The standard InChI is InChI=1S/C13H20N2O4/c1-4-5-14(8-12(17)18)13(19)10-6-11(16)15(7-10)9(2)3/h4,9-10H,1,5-8H2,2-3H3,(H,17,18). The van der Waals surface area contributed by atoms with Crippen LogP contribution in [0.15, 0.2) is 12.7 Å². The quantitative estimate of drug-likeness (QED) is 0.705. The fourth-order valence-corrected chi connectivity index (χ4v) is 2.21. The Morgan fingerprint density at radius 2 is 2.21 bits per heavy atom. The molecule has 1 atom stereocenters. The molecule has 0 spiro atoms. The Morgan fingerprint density at radius 1 is 1.58 bits per heavy atom. The highest BCUT2D eigenvalue weighted by Crippen LogP contribution is 2.22. The summed E-state index contributed by atoms with van der Waals surface area (Å²) in [5.41, 5.74) is 0. The highest BCUT2D eigenvalue weighted by Gasteiger charge is 2.37. The molecule has 0 saturated carbocycles. The third-order valence-corrected chi connectivity index (χ3v) is 3.12. The molecule has 1 heterocycles. The summed E-state index contributed by atoms with van der Waals surface area (Å²) in [5, 5.41) is 8.79. The van der Waals surface area contributed by atoms with Crippen molar-refractivity contribution in [2.45, 2.75) is 26.3 Å². The molecule has 1 fully saturated rings.